The van der Waals surface area contributed by atoms with Crippen LogP contribution in [-0.4, -0.2) is 18.4 Å². The van der Waals surface area contributed by atoms with E-state index in [0.717, 1.165) is 54.0 Å². The molecule has 27 heavy (non-hydrogen) atoms. The summed E-state index contributed by atoms with van der Waals surface area (Å²) in [5, 5.41) is 5.16. The van der Waals surface area contributed by atoms with E-state index >= 15 is 0 Å². The van der Waals surface area contributed by atoms with Gasteiger partial charge in [-0.05, 0) is 66.8 Å². The van der Waals surface area contributed by atoms with Crippen LogP contribution in [0.3, 0.4) is 0 Å². The zero-order chi connectivity index (χ0) is 19.0. The molecular formula is C22H26N2O2S. The summed E-state index contributed by atoms with van der Waals surface area (Å²) in [5.41, 5.74) is 2.66. The number of hydrogen-bond acceptors (Lipinski definition) is 3. The summed E-state index contributed by atoms with van der Waals surface area (Å²) < 4.78 is 0. The van der Waals surface area contributed by atoms with Gasteiger partial charge in [0.1, 0.15) is 0 Å². The molecule has 1 aliphatic heterocycles. The number of carbonyl (C=O) groups excluding carboxylic acids is 2. The molecule has 0 radical (unpaired) electrons. The minimum Gasteiger partial charge on any atom is -0.325 e. The average molecular weight is 383 g/mol. The quantitative estimate of drug-likeness (QED) is 0.784. The maximum atomic E-state index is 12.9. The topological polar surface area (TPSA) is 49.4 Å². The van der Waals surface area contributed by atoms with Crippen LogP contribution < -0.4 is 10.2 Å². The highest BCUT2D eigenvalue weighted by atomic mass is 32.1. The van der Waals surface area contributed by atoms with Crippen molar-refractivity contribution in [2.24, 2.45) is 5.92 Å². The van der Waals surface area contributed by atoms with Crippen LogP contribution >= 0.6 is 11.3 Å². The second-order valence-electron chi connectivity index (χ2n) is 8.08. The molecule has 1 saturated carbocycles. The maximum absolute atomic E-state index is 12.9. The van der Waals surface area contributed by atoms with Crippen LogP contribution in [-0.2, 0) is 21.4 Å². The van der Waals surface area contributed by atoms with E-state index in [1.165, 1.54) is 0 Å². The molecule has 0 spiro atoms. The molecule has 0 bridgehead atoms. The molecule has 2 heterocycles. The van der Waals surface area contributed by atoms with Crippen molar-refractivity contribution in [3.05, 3.63) is 46.2 Å². The van der Waals surface area contributed by atoms with E-state index in [4.69, 9.17) is 0 Å². The van der Waals surface area contributed by atoms with E-state index in [1.54, 1.807) is 11.3 Å². The first-order valence-corrected chi connectivity index (χ1v) is 10.7. The smallest absolute Gasteiger partial charge is 0.235 e. The van der Waals surface area contributed by atoms with Gasteiger partial charge >= 0.3 is 0 Å². The molecular weight excluding hydrogens is 356 g/mol. The van der Waals surface area contributed by atoms with Gasteiger partial charge in [-0.15, -0.1) is 11.3 Å². The Morgan fingerprint density at radius 2 is 2.07 bits per heavy atom. The summed E-state index contributed by atoms with van der Waals surface area (Å²) >= 11 is 1.66. The average Bonchev–Trinajstić information content (AvgIpc) is 3.27. The molecule has 2 amide bonds. The van der Waals surface area contributed by atoms with Crippen molar-refractivity contribution in [3.8, 4) is 0 Å². The van der Waals surface area contributed by atoms with Gasteiger partial charge in [-0.25, -0.2) is 0 Å². The third kappa shape index (κ3) is 3.53. The van der Waals surface area contributed by atoms with E-state index in [2.05, 4.69) is 25.2 Å². The number of rotatable bonds is 6. The number of thiophene rings is 1. The van der Waals surface area contributed by atoms with Crippen molar-refractivity contribution >= 4 is 34.5 Å². The zero-order valence-electron chi connectivity index (χ0n) is 16.0. The molecule has 5 heteroatoms. The molecule has 2 aliphatic rings. The van der Waals surface area contributed by atoms with E-state index in [9.17, 15) is 9.59 Å². The first-order valence-electron chi connectivity index (χ1n) is 9.78. The number of hydrogen-bond donors (Lipinski definition) is 1. The fourth-order valence-electron chi connectivity index (χ4n) is 3.78. The SMILES string of the molecule is CC(C)CCN1C(=O)CCc2cc(NC(=O)C3(c4cccs4)CC3)ccc21. The van der Waals surface area contributed by atoms with Gasteiger partial charge in [-0.2, -0.15) is 0 Å². The van der Waals surface area contributed by atoms with Gasteiger partial charge in [0.2, 0.25) is 11.8 Å². The molecule has 1 aromatic heterocycles. The molecule has 4 nitrogen and oxygen atoms in total. The monoisotopic (exact) mass is 382 g/mol. The Hall–Kier alpha value is -2.14. The minimum atomic E-state index is -0.330. The number of aryl methyl sites for hydroxylation is 1. The predicted molar refractivity (Wildman–Crippen MR) is 110 cm³/mol. The molecule has 1 fully saturated rings. The van der Waals surface area contributed by atoms with Crippen molar-refractivity contribution in [2.75, 3.05) is 16.8 Å². The number of amides is 2. The van der Waals surface area contributed by atoms with E-state index in [0.29, 0.717) is 12.3 Å². The lowest BCUT2D eigenvalue weighted by Crippen LogP contribution is -2.36. The highest BCUT2D eigenvalue weighted by Crippen LogP contribution is 2.50. The number of benzene rings is 1. The van der Waals surface area contributed by atoms with E-state index in [-0.39, 0.29) is 17.2 Å². The zero-order valence-corrected chi connectivity index (χ0v) is 16.8. The first kappa shape index (κ1) is 18.2. The fourth-order valence-corrected chi connectivity index (χ4v) is 4.77. The Bertz CT molecular complexity index is 853. The highest BCUT2D eigenvalue weighted by molar-refractivity contribution is 7.10. The van der Waals surface area contributed by atoms with E-state index < -0.39 is 0 Å². The van der Waals surface area contributed by atoms with Crippen molar-refractivity contribution in [2.45, 2.75) is 51.4 Å². The normalized spacial score (nSPS) is 17.7. The molecule has 2 aromatic rings. The van der Waals surface area contributed by atoms with Gasteiger partial charge in [-0.3, -0.25) is 9.59 Å². The lowest BCUT2D eigenvalue weighted by atomic mass is 9.98. The molecule has 1 aliphatic carbocycles. The van der Waals surface area contributed by atoms with Gasteiger partial charge < -0.3 is 10.2 Å². The molecule has 1 N–H and O–H groups in total. The predicted octanol–water partition coefficient (Wildman–Crippen LogP) is 4.74. The number of nitrogens with one attached hydrogen (secondary N) is 1. The summed E-state index contributed by atoms with van der Waals surface area (Å²) in [6.07, 6.45) is 4.12. The van der Waals surface area contributed by atoms with Crippen molar-refractivity contribution in [1.82, 2.24) is 0 Å². The lowest BCUT2D eigenvalue weighted by Gasteiger charge is -2.30. The Balaban J connectivity index is 1.51. The molecule has 0 atom stereocenters. The van der Waals surface area contributed by atoms with Crippen LogP contribution in [0.4, 0.5) is 11.4 Å². The third-order valence-electron chi connectivity index (χ3n) is 5.64. The number of nitrogens with zero attached hydrogens (tertiary/aromatic N) is 1. The van der Waals surface area contributed by atoms with Crippen LogP contribution in [0.25, 0.3) is 0 Å². The summed E-state index contributed by atoms with van der Waals surface area (Å²) in [5.74, 6) is 0.858. The van der Waals surface area contributed by atoms with Gasteiger partial charge in [0.05, 0.1) is 5.41 Å². The van der Waals surface area contributed by atoms with E-state index in [1.807, 2.05) is 34.5 Å². The van der Waals surface area contributed by atoms with Gasteiger partial charge in [0.15, 0.2) is 0 Å². The fraction of sp³-hybridized carbons (Fsp3) is 0.455. The molecule has 142 valence electrons. The standard InChI is InChI=1S/C22H26N2O2S/c1-15(2)9-12-24-18-7-6-17(14-16(18)5-8-20(24)25)23-21(26)22(10-11-22)19-4-3-13-27-19/h3-4,6-7,13-15H,5,8-12H2,1-2H3,(H,23,26). The highest BCUT2D eigenvalue weighted by Gasteiger charge is 2.52. The maximum Gasteiger partial charge on any atom is 0.235 e. The Kier molecular flexibility index (Phi) is 4.81. The minimum absolute atomic E-state index is 0.0912. The van der Waals surface area contributed by atoms with Crippen LogP contribution in [0.1, 0.15) is 50.0 Å². The number of fused-ring (bicyclic) bond motifs is 1. The number of carbonyl (C=O) groups is 2. The molecule has 1 aromatic carbocycles. The second-order valence-corrected chi connectivity index (χ2v) is 9.03. The van der Waals surface area contributed by atoms with Gasteiger partial charge in [0, 0.05) is 29.2 Å². The van der Waals surface area contributed by atoms with Gasteiger partial charge in [-0.1, -0.05) is 19.9 Å². The Morgan fingerprint density at radius 3 is 2.74 bits per heavy atom. The molecule has 0 unspecified atom stereocenters. The van der Waals surface area contributed by atoms with Crippen LogP contribution in [0.15, 0.2) is 35.7 Å². The molecule has 0 saturated heterocycles. The summed E-state index contributed by atoms with van der Waals surface area (Å²) in [4.78, 5) is 28.3. The van der Waals surface area contributed by atoms with Crippen LogP contribution in [0.2, 0.25) is 0 Å². The second kappa shape index (κ2) is 7.12. The number of anilines is 2. The third-order valence-corrected chi connectivity index (χ3v) is 6.72. The van der Waals surface area contributed by atoms with Crippen molar-refractivity contribution in [3.63, 3.8) is 0 Å². The summed E-state index contributed by atoms with van der Waals surface area (Å²) in [6, 6.07) is 10.0. The lowest BCUT2D eigenvalue weighted by molar-refractivity contribution is -0.119. The summed E-state index contributed by atoms with van der Waals surface area (Å²) in [7, 11) is 0. The largest absolute Gasteiger partial charge is 0.325 e. The first-order chi connectivity index (χ1) is 13.0. The van der Waals surface area contributed by atoms with Crippen molar-refractivity contribution < 1.29 is 9.59 Å². The Morgan fingerprint density at radius 1 is 1.26 bits per heavy atom. The molecule has 4 rings (SSSR count). The van der Waals surface area contributed by atoms with Gasteiger partial charge in [0.25, 0.3) is 0 Å². The van der Waals surface area contributed by atoms with Crippen LogP contribution in [0.5, 0.6) is 0 Å². The van der Waals surface area contributed by atoms with Crippen LogP contribution in [0, 0.1) is 5.92 Å². The summed E-state index contributed by atoms with van der Waals surface area (Å²) in [6.45, 7) is 5.11. The van der Waals surface area contributed by atoms with Crippen molar-refractivity contribution in [1.29, 1.82) is 0 Å². The Labute approximate surface area is 164 Å².